The van der Waals surface area contributed by atoms with E-state index in [2.05, 4.69) is 10.3 Å². The van der Waals surface area contributed by atoms with Gasteiger partial charge in [-0.15, -0.1) is 11.3 Å². The molecule has 10 heteroatoms. The van der Waals surface area contributed by atoms with Crippen LogP contribution >= 0.6 is 34.3 Å². The van der Waals surface area contributed by atoms with Gasteiger partial charge in [-0.1, -0.05) is 41.5 Å². The lowest BCUT2D eigenvalue weighted by Gasteiger charge is -2.32. The number of thiophene rings is 1. The molecule has 0 aliphatic carbocycles. The molecule has 3 aromatic rings. The number of nitrogens with one attached hydrogen (secondary N) is 1. The van der Waals surface area contributed by atoms with E-state index in [1.165, 1.54) is 21.7 Å². The first-order valence-corrected chi connectivity index (χ1v) is 11.8. The Hall–Kier alpha value is -1.52. The Morgan fingerprint density at radius 1 is 1.19 bits per heavy atom. The second-order valence-corrected chi connectivity index (χ2v) is 11.0. The standard InChI is InChI=1S/C17H16ClN3O3S3/c18-14-8-9-15(26-14)27(23,24)21-10-4-3-6-12(21)16(22)20-17-19-11-5-1-2-7-13(11)25-17/h1-2,5,7-9,12H,3-4,6,10H2,(H,19,20,22)/t12-/m0/s1. The van der Waals surface area contributed by atoms with E-state index >= 15 is 0 Å². The average Bonchev–Trinajstić information content (AvgIpc) is 3.27. The second-order valence-electron chi connectivity index (χ2n) is 6.16. The Bertz CT molecular complexity index is 1060. The molecule has 0 saturated carbocycles. The summed E-state index contributed by atoms with van der Waals surface area (Å²) in [5.41, 5.74) is 0.805. The van der Waals surface area contributed by atoms with E-state index in [0.717, 1.165) is 34.4 Å². The number of carbonyl (C=O) groups is 1. The average molecular weight is 442 g/mol. The molecular weight excluding hydrogens is 426 g/mol. The van der Waals surface area contributed by atoms with E-state index in [1.807, 2.05) is 24.3 Å². The third-order valence-corrected chi connectivity index (χ3v) is 8.95. The van der Waals surface area contributed by atoms with Gasteiger partial charge in [0, 0.05) is 6.54 Å². The number of amides is 1. The highest BCUT2D eigenvalue weighted by Crippen LogP contribution is 2.32. The van der Waals surface area contributed by atoms with Gasteiger partial charge >= 0.3 is 0 Å². The number of rotatable bonds is 4. The van der Waals surface area contributed by atoms with E-state index in [4.69, 9.17) is 11.6 Å². The van der Waals surface area contributed by atoms with Crippen molar-refractivity contribution in [1.82, 2.24) is 9.29 Å². The van der Waals surface area contributed by atoms with Gasteiger partial charge in [0.15, 0.2) is 5.13 Å². The van der Waals surface area contributed by atoms with Crippen LogP contribution in [-0.4, -0.2) is 36.2 Å². The molecule has 1 fully saturated rings. The first-order chi connectivity index (χ1) is 12.9. The van der Waals surface area contributed by atoms with E-state index < -0.39 is 16.1 Å². The summed E-state index contributed by atoms with van der Waals surface area (Å²) in [5, 5.41) is 3.27. The largest absolute Gasteiger partial charge is 0.301 e. The summed E-state index contributed by atoms with van der Waals surface area (Å²) in [7, 11) is -3.76. The number of fused-ring (bicyclic) bond motifs is 1. The molecule has 1 aliphatic heterocycles. The SMILES string of the molecule is O=C(Nc1nc2ccccc2s1)[C@@H]1CCCCN1S(=O)(=O)c1ccc(Cl)s1. The number of nitrogens with zero attached hydrogens (tertiary/aromatic N) is 2. The summed E-state index contributed by atoms with van der Waals surface area (Å²) < 4.78 is 28.8. The third-order valence-electron chi connectivity index (χ3n) is 4.39. The third kappa shape index (κ3) is 3.74. The Morgan fingerprint density at radius 2 is 2.00 bits per heavy atom. The van der Waals surface area contributed by atoms with Crippen molar-refractivity contribution in [2.45, 2.75) is 29.5 Å². The highest BCUT2D eigenvalue weighted by Gasteiger charge is 2.38. The number of carbonyl (C=O) groups excluding carboxylic acids is 1. The van der Waals surface area contributed by atoms with Gasteiger partial charge in [0.05, 0.1) is 14.6 Å². The van der Waals surface area contributed by atoms with Gasteiger partial charge in [-0.25, -0.2) is 13.4 Å². The van der Waals surface area contributed by atoms with Crippen LogP contribution in [-0.2, 0) is 14.8 Å². The van der Waals surface area contributed by atoms with Gasteiger partial charge in [-0.05, 0) is 37.1 Å². The van der Waals surface area contributed by atoms with Gasteiger partial charge in [0.25, 0.3) is 10.0 Å². The molecule has 142 valence electrons. The van der Waals surface area contributed by atoms with Gasteiger partial charge < -0.3 is 5.32 Å². The zero-order chi connectivity index (χ0) is 19.0. The summed E-state index contributed by atoms with van der Waals surface area (Å²) in [4.78, 5) is 17.3. The molecule has 1 aliphatic rings. The van der Waals surface area contributed by atoms with Crippen molar-refractivity contribution in [3.63, 3.8) is 0 Å². The maximum absolute atomic E-state index is 13.0. The lowest BCUT2D eigenvalue weighted by molar-refractivity contribution is -0.120. The number of piperidine rings is 1. The van der Waals surface area contributed by atoms with Gasteiger partial charge in [-0.3, -0.25) is 4.79 Å². The molecule has 2 aromatic heterocycles. The molecular formula is C17H16ClN3O3S3. The van der Waals surface area contributed by atoms with Crippen molar-refractivity contribution in [3.05, 3.63) is 40.7 Å². The minimum atomic E-state index is -3.76. The lowest BCUT2D eigenvalue weighted by atomic mass is 10.0. The molecule has 27 heavy (non-hydrogen) atoms. The smallest absolute Gasteiger partial charge is 0.253 e. The van der Waals surface area contributed by atoms with Crippen molar-refractivity contribution in [2.75, 3.05) is 11.9 Å². The van der Waals surface area contributed by atoms with Crippen molar-refractivity contribution < 1.29 is 13.2 Å². The van der Waals surface area contributed by atoms with Gasteiger partial charge in [-0.2, -0.15) is 4.31 Å². The molecule has 3 heterocycles. The fourth-order valence-electron chi connectivity index (χ4n) is 3.12. The molecule has 1 N–H and O–H groups in total. The molecule has 4 rings (SSSR count). The zero-order valence-corrected chi connectivity index (χ0v) is 17.3. The molecule has 0 unspecified atom stereocenters. The molecule has 0 radical (unpaired) electrons. The molecule has 6 nitrogen and oxygen atoms in total. The topological polar surface area (TPSA) is 79.4 Å². The Kier molecular flexibility index (Phi) is 5.21. The van der Waals surface area contributed by atoms with E-state index in [1.54, 1.807) is 6.07 Å². The van der Waals surface area contributed by atoms with E-state index in [-0.39, 0.29) is 10.1 Å². The molecule has 1 saturated heterocycles. The number of hydrogen-bond acceptors (Lipinski definition) is 6. The fraction of sp³-hybridized carbons (Fsp3) is 0.294. The number of anilines is 1. The number of hydrogen-bond donors (Lipinski definition) is 1. The number of sulfonamides is 1. The van der Waals surface area contributed by atoms with Crippen LogP contribution in [0.2, 0.25) is 4.34 Å². The highest BCUT2D eigenvalue weighted by molar-refractivity contribution is 7.91. The highest BCUT2D eigenvalue weighted by atomic mass is 35.5. The van der Waals surface area contributed by atoms with E-state index in [0.29, 0.717) is 22.4 Å². The van der Waals surface area contributed by atoms with E-state index in [9.17, 15) is 13.2 Å². The normalized spacial score (nSPS) is 18.6. The predicted molar refractivity (Wildman–Crippen MR) is 109 cm³/mol. The van der Waals surface area contributed by atoms with Crippen LogP contribution in [0.25, 0.3) is 10.2 Å². The zero-order valence-electron chi connectivity index (χ0n) is 14.1. The summed E-state index contributed by atoms with van der Waals surface area (Å²) in [6, 6.07) is 9.89. The number of para-hydroxylation sites is 1. The molecule has 1 atom stereocenters. The lowest BCUT2D eigenvalue weighted by Crippen LogP contribution is -2.49. The van der Waals surface area contributed by atoms with Crippen LogP contribution in [0, 0.1) is 0 Å². The van der Waals surface area contributed by atoms with Crippen molar-refractivity contribution >= 4 is 65.6 Å². The van der Waals surface area contributed by atoms with Crippen LogP contribution in [0.1, 0.15) is 19.3 Å². The molecule has 0 bridgehead atoms. The Balaban J connectivity index is 1.59. The van der Waals surface area contributed by atoms with Gasteiger partial charge in [0.1, 0.15) is 10.3 Å². The number of halogens is 1. The first-order valence-electron chi connectivity index (χ1n) is 8.39. The maximum Gasteiger partial charge on any atom is 0.253 e. The van der Waals surface area contributed by atoms with Crippen molar-refractivity contribution in [2.24, 2.45) is 0 Å². The second kappa shape index (κ2) is 7.48. The van der Waals surface area contributed by atoms with Crippen LogP contribution in [0.5, 0.6) is 0 Å². The minimum Gasteiger partial charge on any atom is -0.301 e. The van der Waals surface area contributed by atoms with Gasteiger partial charge in [0.2, 0.25) is 5.91 Å². The number of aromatic nitrogens is 1. The van der Waals surface area contributed by atoms with Crippen molar-refractivity contribution in [1.29, 1.82) is 0 Å². The van der Waals surface area contributed by atoms with Crippen LogP contribution < -0.4 is 5.32 Å². The summed E-state index contributed by atoms with van der Waals surface area (Å²) >= 11 is 8.27. The molecule has 0 spiro atoms. The number of benzene rings is 1. The van der Waals surface area contributed by atoms with Crippen molar-refractivity contribution in [3.8, 4) is 0 Å². The minimum absolute atomic E-state index is 0.159. The number of thiazole rings is 1. The quantitative estimate of drug-likeness (QED) is 0.658. The maximum atomic E-state index is 13.0. The molecule has 1 amide bonds. The first kappa shape index (κ1) is 18.8. The molecule has 1 aromatic carbocycles. The fourth-order valence-corrected chi connectivity index (χ4v) is 7.26. The van der Waals surface area contributed by atoms with Crippen LogP contribution in [0.4, 0.5) is 5.13 Å². The van der Waals surface area contributed by atoms with Crippen LogP contribution in [0.3, 0.4) is 0 Å². The predicted octanol–water partition coefficient (Wildman–Crippen LogP) is 4.19. The monoisotopic (exact) mass is 441 g/mol. The van der Waals surface area contributed by atoms with Crippen LogP contribution in [0.15, 0.2) is 40.6 Å². The Labute approximate surface area is 169 Å². The summed E-state index contributed by atoms with van der Waals surface area (Å²) in [6.45, 7) is 0.315. The summed E-state index contributed by atoms with van der Waals surface area (Å²) in [6.07, 6.45) is 2.01. The Morgan fingerprint density at radius 3 is 2.74 bits per heavy atom. The summed E-state index contributed by atoms with van der Waals surface area (Å²) in [5.74, 6) is -0.347.